The Morgan fingerprint density at radius 2 is 2.18 bits per heavy atom. The maximum absolute atomic E-state index is 11.8. The third-order valence-corrected chi connectivity index (χ3v) is 3.27. The van der Waals surface area contributed by atoms with Crippen LogP contribution in [0, 0.1) is 6.92 Å². The number of H-pyrrole nitrogens is 1. The van der Waals surface area contributed by atoms with Crippen molar-refractivity contribution < 1.29 is 13.5 Å². The number of aromatic amines is 1. The van der Waals surface area contributed by atoms with Crippen LogP contribution in [0.15, 0.2) is 29.7 Å². The SMILES string of the molecule is Cc1ccc(O)c(NS(=O)(=O)c2cnc[nH]2)n1. The Kier molecular flexibility index (Phi) is 2.72. The second-order valence-electron chi connectivity index (χ2n) is 3.34. The van der Waals surface area contributed by atoms with E-state index < -0.39 is 10.0 Å². The molecule has 2 heterocycles. The van der Waals surface area contributed by atoms with Gasteiger partial charge in [0.1, 0.15) is 0 Å². The summed E-state index contributed by atoms with van der Waals surface area (Å²) in [7, 11) is -3.80. The molecular formula is C9H10N4O3S. The molecule has 0 radical (unpaired) electrons. The summed E-state index contributed by atoms with van der Waals surface area (Å²) in [6, 6.07) is 2.94. The topological polar surface area (TPSA) is 108 Å². The molecule has 8 heteroatoms. The van der Waals surface area contributed by atoms with E-state index in [0.29, 0.717) is 5.69 Å². The van der Waals surface area contributed by atoms with Gasteiger partial charge in [-0.15, -0.1) is 0 Å². The first-order valence-corrected chi connectivity index (χ1v) is 6.15. The van der Waals surface area contributed by atoms with Gasteiger partial charge >= 0.3 is 0 Å². The summed E-state index contributed by atoms with van der Waals surface area (Å²) in [6.45, 7) is 1.69. The molecule has 3 N–H and O–H groups in total. The molecule has 0 saturated carbocycles. The molecule has 0 aromatic carbocycles. The molecule has 0 amide bonds. The number of aryl methyl sites for hydroxylation is 1. The number of nitrogens with zero attached hydrogens (tertiary/aromatic N) is 2. The number of hydrogen-bond donors (Lipinski definition) is 3. The van der Waals surface area contributed by atoms with Crippen LogP contribution in [0.3, 0.4) is 0 Å². The highest BCUT2D eigenvalue weighted by Gasteiger charge is 2.18. The van der Waals surface area contributed by atoms with Gasteiger partial charge in [0.25, 0.3) is 10.0 Å². The molecule has 0 aliphatic carbocycles. The Balaban J connectivity index is 2.36. The Bertz CT molecular complexity index is 622. The lowest BCUT2D eigenvalue weighted by Crippen LogP contribution is -2.14. The van der Waals surface area contributed by atoms with Crippen LogP contribution in [0.2, 0.25) is 0 Å². The number of pyridine rings is 1. The minimum Gasteiger partial charge on any atom is -0.504 e. The first-order valence-electron chi connectivity index (χ1n) is 4.67. The maximum atomic E-state index is 11.8. The van der Waals surface area contributed by atoms with Crippen molar-refractivity contribution >= 4 is 15.8 Å². The molecular weight excluding hydrogens is 244 g/mol. The second kappa shape index (κ2) is 4.06. The highest BCUT2D eigenvalue weighted by atomic mass is 32.2. The van der Waals surface area contributed by atoms with Crippen molar-refractivity contribution in [2.45, 2.75) is 11.9 Å². The van der Waals surface area contributed by atoms with Crippen molar-refractivity contribution in [2.75, 3.05) is 4.72 Å². The smallest absolute Gasteiger partial charge is 0.280 e. The van der Waals surface area contributed by atoms with Crippen molar-refractivity contribution in [2.24, 2.45) is 0 Å². The summed E-state index contributed by atoms with van der Waals surface area (Å²) in [4.78, 5) is 9.97. The minimum absolute atomic E-state index is 0.0970. The summed E-state index contributed by atoms with van der Waals surface area (Å²) in [5.74, 6) is -0.349. The third kappa shape index (κ3) is 2.36. The monoisotopic (exact) mass is 254 g/mol. The average molecular weight is 254 g/mol. The molecule has 2 aromatic rings. The van der Waals surface area contributed by atoms with Gasteiger partial charge in [0, 0.05) is 5.69 Å². The highest BCUT2D eigenvalue weighted by Crippen LogP contribution is 2.22. The van der Waals surface area contributed by atoms with E-state index in [9.17, 15) is 13.5 Å². The van der Waals surface area contributed by atoms with Crippen LogP contribution in [0.1, 0.15) is 5.69 Å². The van der Waals surface area contributed by atoms with Crippen LogP contribution >= 0.6 is 0 Å². The quantitative estimate of drug-likeness (QED) is 0.744. The van der Waals surface area contributed by atoms with Crippen molar-refractivity contribution in [3.05, 3.63) is 30.4 Å². The van der Waals surface area contributed by atoms with E-state index in [4.69, 9.17) is 0 Å². The van der Waals surface area contributed by atoms with E-state index in [1.54, 1.807) is 13.0 Å². The van der Waals surface area contributed by atoms with Gasteiger partial charge < -0.3 is 10.1 Å². The summed E-state index contributed by atoms with van der Waals surface area (Å²) < 4.78 is 25.8. The van der Waals surface area contributed by atoms with Crippen molar-refractivity contribution in [3.8, 4) is 5.75 Å². The molecule has 0 atom stereocenters. The molecule has 0 unspecified atom stereocenters. The first-order chi connectivity index (χ1) is 7.99. The van der Waals surface area contributed by atoms with Gasteiger partial charge in [-0.05, 0) is 19.1 Å². The van der Waals surface area contributed by atoms with E-state index in [1.165, 1.54) is 12.4 Å². The average Bonchev–Trinajstić information content (AvgIpc) is 2.77. The summed E-state index contributed by atoms with van der Waals surface area (Å²) >= 11 is 0. The molecule has 0 spiro atoms. The Morgan fingerprint density at radius 1 is 1.41 bits per heavy atom. The van der Waals surface area contributed by atoms with E-state index in [0.717, 1.165) is 6.20 Å². The molecule has 7 nitrogen and oxygen atoms in total. The standard InChI is InChI=1S/C9H10N4O3S/c1-6-2-3-7(14)9(12-6)13-17(15,16)8-4-10-5-11-8/h2-5,14H,1H3,(H,10,11)(H,12,13). The first kappa shape index (κ1) is 11.4. The predicted octanol–water partition coefficient (Wildman–Crippen LogP) is 0.620. The number of nitrogens with one attached hydrogen (secondary N) is 2. The summed E-state index contributed by atoms with van der Waals surface area (Å²) in [5, 5.41) is 9.38. The number of aromatic nitrogens is 3. The summed E-state index contributed by atoms with van der Waals surface area (Å²) in [5.41, 5.74) is 0.588. The predicted molar refractivity (Wildman–Crippen MR) is 60.0 cm³/mol. The third-order valence-electron chi connectivity index (χ3n) is 2.01. The zero-order chi connectivity index (χ0) is 12.5. The fourth-order valence-corrected chi connectivity index (χ4v) is 2.12. The highest BCUT2D eigenvalue weighted by molar-refractivity contribution is 7.92. The Hall–Kier alpha value is -2.09. The van der Waals surface area contributed by atoms with E-state index >= 15 is 0 Å². The van der Waals surface area contributed by atoms with Gasteiger partial charge in [0.15, 0.2) is 16.6 Å². The largest absolute Gasteiger partial charge is 0.504 e. The van der Waals surface area contributed by atoms with Crippen LogP contribution in [-0.4, -0.2) is 28.5 Å². The van der Waals surface area contributed by atoms with Crippen LogP contribution in [0.4, 0.5) is 5.82 Å². The van der Waals surface area contributed by atoms with Gasteiger partial charge in [-0.1, -0.05) is 0 Å². The number of rotatable bonds is 3. The molecule has 2 aromatic heterocycles. The molecule has 0 saturated heterocycles. The molecule has 2 rings (SSSR count). The fourth-order valence-electron chi connectivity index (χ4n) is 1.20. The van der Waals surface area contributed by atoms with Crippen LogP contribution < -0.4 is 4.72 Å². The fraction of sp³-hybridized carbons (Fsp3) is 0.111. The maximum Gasteiger partial charge on any atom is 0.280 e. The zero-order valence-electron chi connectivity index (χ0n) is 8.88. The minimum atomic E-state index is -3.80. The number of aromatic hydroxyl groups is 1. The normalized spacial score (nSPS) is 11.4. The van der Waals surface area contributed by atoms with Crippen LogP contribution in [0.25, 0.3) is 0 Å². The summed E-state index contributed by atoms with van der Waals surface area (Å²) in [6.07, 6.45) is 2.41. The Labute approximate surface area is 97.6 Å². The molecule has 0 bridgehead atoms. The number of anilines is 1. The van der Waals surface area contributed by atoms with E-state index in [2.05, 4.69) is 19.7 Å². The molecule has 17 heavy (non-hydrogen) atoms. The number of imidazole rings is 1. The lowest BCUT2D eigenvalue weighted by Gasteiger charge is -2.07. The number of sulfonamides is 1. The van der Waals surface area contributed by atoms with Gasteiger partial charge in [-0.3, -0.25) is 4.72 Å². The van der Waals surface area contributed by atoms with E-state index in [-0.39, 0.29) is 16.6 Å². The van der Waals surface area contributed by atoms with E-state index in [1.807, 2.05) is 0 Å². The van der Waals surface area contributed by atoms with Crippen molar-refractivity contribution in [1.29, 1.82) is 0 Å². The second-order valence-corrected chi connectivity index (χ2v) is 4.99. The van der Waals surface area contributed by atoms with Gasteiger partial charge in [0.05, 0.1) is 12.5 Å². The van der Waals surface area contributed by atoms with Crippen molar-refractivity contribution in [1.82, 2.24) is 15.0 Å². The molecule has 90 valence electrons. The molecule has 0 aliphatic heterocycles. The molecule has 0 aliphatic rings. The zero-order valence-corrected chi connectivity index (χ0v) is 9.69. The van der Waals surface area contributed by atoms with Gasteiger partial charge in [-0.2, -0.15) is 8.42 Å². The van der Waals surface area contributed by atoms with Gasteiger partial charge in [-0.25, -0.2) is 9.97 Å². The van der Waals surface area contributed by atoms with Gasteiger partial charge in [0.2, 0.25) is 0 Å². The lowest BCUT2D eigenvalue weighted by molar-refractivity contribution is 0.475. The Morgan fingerprint density at radius 3 is 2.82 bits per heavy atom. The molecule has 0 fully saturated rings. The van der Waals surface area contributed by atoms with Crippen LogP contribution in [0.5, 0.6) is 5.75 Å². The van der Waals surface area contributed by atoms with Crippen LogP contribution in [-0.2, 0) is 10.0 Å². The lowest BCUT2D eigenvalue weighted by atomic mass is 10.3. The number of hydrogen-bond acceptors (Lipinski definition) is 5. The van der Waals surface area contributed by atoms with Crippen molar-refractivity contribution in [3.63, 3.8) is 0 Å².